The zero-order valence-corrected chi connectivity index (χ0v) is 20.7. The van der Waals surface area contributed by atoms with E-state index in [1.807, 2.05) is 12.1 Å². The minimum Gasteiger partial charge on any atom is -0.494 e. The van der Waals surface area contributed by atoms with Crippen molar-refractivity contribution >= 4 is 5.84 Å². The molecule has 3 N–H and O–H groups in total. The molecule has 190 valence electrons. The molecular formula is C27H31FN4O4. The van der Waals surface area contributed by atoms with Crippen LogP contribution < -0.4 is 15.2 Å². The number of hydrogen-bond donors (Lipinski definition) is 2. The van der Waals surface area contributed by atoms with Gasteiger partial charge in [0.2, 0.25) is 5.82 Å². The number of nitrogens with two attached hydrogens (primary N) is 1. The number of methoxy groups -OCH3 is 1. The van der Waals surface area contributed by atoms with Crippen LogP contribution in [0.2, 0.25) is 0 Å². The summed E-state index contributed by atoms with van der Waals surface area (Å²) < 4.78 is 33.4. The highest BCUT2D eigenvalue weighted by molar-refractivity contribution is 6.02. The fraction of sp³-hybridized carbons (Fsp3) is 0.407. The average molecular weight is 495 g/mol. The van der Waals surface area contributed by atoms with Crippen LogP contribution in [0.25, 0.3) is 11.3 Å². The molecule has 0 saturated carbocycles. The third-order valence-corrected chi connectivity index (χ3v) is 6.78. The van der Waals surface area contributed by atoms with Crippen molar-refractivity contribution in [3.63, 3.8) is 0 Å². The SMILES string of the molecule is COc1cccc(Oc2ccc(-c3nc(C4CCC(C(C)(C)O)OC4)n4c3C(N)=NCC4)cc2)c1F. The lowest BCUT2D eigenvalue weighted by Crippen LogP contribution is -2.42. The molecule has 2 unspecified atom stereocenters. The predicted octanol–water partition coefficient (Wildman–Crippen LogP) is 4.24. The second kappa shape index (κ2) is 9.55. The summed E-state index contributed by atoms with van der Waals surface area (Å²) in [6.07, 6.45) is 1.42. The minimum atomic E-state index is -0.878. The van der Waals surface area contributed by atoms with E-state index in [0.29, 0.717) is 31.3 Å². The maximum absolute atomic E-state index is 14.5. The van der Waals surface area contributed by atoms with Gasteiger partial charge in [0.25, 0.3) is 0 Å². The molecule has 8 nitrogen and oxygen atoms in total. The molecule has 0 bridgehead atoms. The highest BCUT2D eigenvalue weighted by Crippen LogP contribution is 2.36. The molecule has 0 aliphatic carbocycles. The van der Waals surface area contributed by atoms with Crippen LogP contribution in [0.15, 0.2) is 47.5 Å². The van der Waals surface area contributed by atoms with E-state index in [1.54, 1.807) is 44.2 Å². The van der Waals surface area contributed by atoms with Crippen LogP contribution in [0.3, 0.4) is 0 Å². The highest BCUT2D eigenvalue weighted by atomic mass is 19.1. The monoisotopic (exact) mass is 494 g/mol. The minimum absolute atomic E-state index is 0.0850. The number of aliphatic imine (C=N–C) groups is 1. The van der Waals surface area contributed by atoms with Gasteiger partial charge in [-0.3, -0.25) is 4.99 Å². The normalized spacial score (nSPS) is 20.0. The van der Waals surface area contributed by atoms with Crippen molar-refractivity contribution in [2.24, 2.45) is 10.7 Å². The zero-order chi connectivity index (χ0) is 25.4. The standard InChI is InChI=1S/C27H31FN4O4/c1-27(2,33)21-12-9-17(15-35-21)26-31-23(24-25(29)30-13-14-32(24)26)16-7-10-18(11-8-16)36-20-6-4-5-19(34-3)22(20)28/h4-8,10-11,17,21,33H,9,12-15H2,1-3H3,(H2,29,30). The van der Waals surface area contributed by atoms with E-state index in [-0.39, 0.29) is 23.5 Å². The Bertz CT molecular complexity index is 1270. The van der Waals surface area contributed by atoms with Gasteiger partial charge in [0.1, 0.15) is 23.1 Å². The van der Waals surface area contributed by atoms with E-state index in [9.17, 15) is 9.50 Å². The topological polar surface area (TPSA) is 104 Å². The molecule has 2 aliphatic heterocycles. The molecule has 2 atom stereocenters. The Labute approximate surface area is 209 Å². The van der Waals surface area contributed by atoms with Crippen molar-refractivity contribution in [1.82, 2.24) is 9.55 Å². The Morgan fingerprint density at radius 2 is 1.89 bits per heavy atom. The van der Waals surface area contributed by atoms with Crippen LogP contribution in [0.1, 0.15) is 44.1 Å². The summed E-state index contributed by atoms with van der Waals surface area (Å²) in [5.74, 6) is 1.62. The summed E-state index contributed by atoms with van der Waals surface area (Å²) in [5, 5.41) is 10.3. The van der Waals surface area contributed by atoms with Crippen molar-refractivity contribution in [3.8, 4) is 28.5 Å². The first-order chi connectivity index (χ1) is 17.3. The van der Waals surface area contributed by atoms with Gasteiger partial charge in [-0.25, -0.2) is 4.98 Å². The molecular weight excluding hydrogens is 463 g/mol. The number of rotatable bonds is 6. The molecule has 1 saturated heterocycles. The number of hydrogen-bond acceptors (Lipinski definition) is 7. The maximum atomic E-state index is 14.5. The Balaban J connectivity index is 1.42. The first-order valence-electron chi connectivity index (χ1n) is 12.1. The number of imidazole rings is 1. The Morgan fingerprint density at radius 1 is 1.14 bits per heavy atom. The molecule has 0 amide bonds. The number of ether oxygens (including phenoxy) is 3. The summed E-state index contributed by atoms with van der Waals surface area (Å²) in [4.78, 5) is 9.47. The van der Waals surface area contributed by atoms with Crippen LogP contribution >= 0.6 is 0 Å². The number of halogens is 1. The van der Waals surface area contributed by atoms with E-state index in [4.69, 9.17) is 24.9 Å². The van der Waals surface area contributed by atoms with Crippen molar-refractivity contribution in [1.29, 1.82) is 0 Å². The quantitative estimate of drug-likeness (QED) is 0.531. The number of aliphatic hydroxyl groups is 1. The van der Waals surface area contributed by atoms with Crippen molar-refractivity contribution in [2.75, 3.05) is 20.3 Å². The molecule has 1 fully saturated rings. The van der Waals surface area contributed by atoms with Gasteiger partial charge in [-0.2, -0.15) is 4.39 Å². The molecule has 3 aromatic rings. The lowest BCUT2D eigenvalue weighted by molar-refractivity contribution is -0.113. The zero-order valence-electron chi connectivity index (χ0n) is 20.7. The Hall–Kier alpha value is -3.43. The number of aromatic nitrogens is 2. The lowest BCUT2D eigenvalue weighted by atomic mass is 9.90. The van der Waals surface area contributed by atoms with Gasteiger partial charge in [-0.15, -0.1) is 0 Å². The summed E-state index contributed by atoms with van der Waals surface area (Å²) in [6.45, 7) is 5.34. The summed E-state index contributed by atoms with van der Waals surface area (Å²) >= 11 is 0. The second-order valence-corrected chi connectivity index (χ2v) is 9.73. The number of fused-ring (bicyclic) bond motifs is 1. The Kier molecular flexibility index (Phi) is 6.44. The Morgan fingerprint density at radius 3 is 2.56 bits per heavy atom. The average Bonchev–Trinajstić information content (AvgIpc) is 3.26. The number of benzene rings is 2. The number of amidine groups is 1. The molecule has 2 aliphatic rings. The fourth-order valence-electron chi connectivity index (χ4n) is 4.86. The smallest absolute Gasteiger partial charge is 0.207 e. The lowest BCUT2D eigenvalue weighted by Gasteiger charge is -2.36. The van der Waals surface area contributed by atoms with Gasteiger partial charge < -0.3 is 29.6 Å². The summed E-state index contributed by atoms with van der Waals surface area (Å²) in [7, 11) is 1.41. The van der Waals surface area contributed by atoms with Crippen LogP contribution in [0.5, 0.6) is 17.2 Å². The molecule has 1 aromatic heterocycles. The van der Waals surface area contributed by atoms with Crippen molar-refractivity contribution in [2.45, 2.75) is 50.9 Å². The maximum Gasteiger partial charge on any atom is 0.207 e. The van der Waals surface area contributed by atoms with Crippen LogP contribution in [-0.2, 0) is 11.3 Å². The first-order valence-corrected chi connectivity index (χ1v) is 12.1. The third kappa shape index (κ3) is 4.56. The van der Waals surface area contributed by atoms with E-state index < -0.39 is 11.4 Å². The molecule has 3 heterocycles. The van der Waals surface area contributed by atoms with E-state index in [0.717, 1.165) is 35.6 Å². The van der Waals surface area contributed by atoms with Gasteiger partial charge in [0.15, 0.2) is 11.5 Å². The molecule has 5 rings (SSSR count). The summed E-state index contributed by atoms with van der Waals surface area (Å²) in [6, 6.07) is 12.1. The van der Waals surface area contributed by atoms with Gasteiger partial charge in [0.05, 0.1) is 37.7 Å². The largest absolute Gasteiger partial charge is 0.494 e. The van der Waals surface area contributed by atoms with Crippen molar-refractivity contribution < 1.29 is 23.7 Å². The van der Waals surface area contributed by atoms with Crippen molar-refractivity contribution in [3.05, 3.63) is 59.8 Å². The van der Waals surface area contributed by atoms with Gasteiger partial charge in [-0.1, -0.05) is 6.07 Å². The van der Waals surface area contributed by atoms with Gasteiger partial charge in [0, 0.05) is 18.0 Å². The highest BCUT2D eigenvalue weighted by Gasteiger charge is 2.36. The van der Waals surface area contributed by atoms with E-state index >= 15 is 0 Å². The number of nitrogens with zero attached hydrogens (tertiary/aromatic N) is 3. The molecule has 0 spiro atoms. The van der Waals surface area contributed by atoms with Gasteiger partial charge in [-0.05, 0) is 63.1 Å². The van der Waals surface area contributed by atoms with Crippen LogP contribution in [0, 0.1) is 5.82 Å². The summed E-state index contributed by atoms with van der Waals surface area (Å²) in [5.41, 5.74) is 7.85. The van der Waals surface area contributed by atoms with Crippen LogP contribution in [-0.4, -0.2) is 52.5 Å². The molecule has 2 aromatic carbocycles. The van der Waals surface area contributed by atoms with Crippen LogP contribution in [0.4, 0.5) is 4.39 Å². The fourth-order valence-corrected chi connectivity index (χ4v) is 4.86. The molecule has 9 heteroatoms. The first kappa shape index (κ1) is 24.3. The van der Waals surface area contributed by atoms with E-state index in [2.05, 4.69) is 9.56 Å². The predicted molar refractivity (Wildman–Crippen MR) is 134 cm³/mol. The third-order valence-electron chi connectivity index (χ3n) is 6.78. The molecule has 36 heavy (non-hydrogen) atoms. The van der Waals surface area contributed by atoms with Gasteiger partial charge >= 0.3 is 0 Å². The second-order valence-electron chi connectivity index (χ2n) is 9.73. The molecule has 0 radical (unpaired) electrons. The van der Waals surface area contributed by atoms with E-state index in [1.165, 1.54) is 7.11 Å².